The molecule has 1 aromatic heterocycles. The average molecular weight is 260 g/mol. The third kappa shape index (κ3) is 3.07. The summed E-state index contributed by atoms with van der Waals surface area (Å²) in [7, 11) is 0. The molecule has 0 amide bonds. The maximum atomic E-state index is 13.6. The number of carbonyl (C=O) groups is 1. The van der Waals surface area contributed by atoms with Gasteiger partial charge in [-0.2, -0.15) is 5.10 Å². The van der Waals surface area contributed by atoms with E-state index < -0.39 is 11.8 Å². The summed E-state index contributed by atoms with van der Waals surface area (Å²) in [5, 5.41) is 12.8. The lowest BCUT2D eigenvalue weighted by Gasteiger charge is -2.06. The molecule has 0 bridgehead atoms. The highest BCUT2D eigenvalue weighted by Gasteiger charge is 2.06. The summed E-state index contributed by atoms with van der Waals surface area (Å²) in [4.78, 5) is 10.5. The topological polar surface area (TPSA) is 55.1 Å². The fourth-order valence-corrected chi connectivity index (χ4v) is 1.87. The molecule has 0 atom stereocenters. The summed E-state index contributed by atoms with van der Waals surface area (Å²) in [6, 6.07) is 6.20. The molecule has 4 nitrogen and oxygen atoms in total. The van der Waals surface area contributed by atoms with Gasteiger partial charge in [0.2, 0.25) is 0 Å². The molecule has 98 valence electrons. The van der Waals surface area contributed by atoms with Crippen LogP contribution in [-0.4, -0.2) is 20.9 Å². The van der Waals surface area contributed by atoms with Gasteiger partial charge in [0.1, 0.15) is 5.82 Å². The van der Waals surface area contributed by atoms with Crippen LogP contribution in [0.15, 0.2) is 30.3 Å². The molecule has 2 rings (SSSR count). The second-order valence-corrected chi connectivity index (χ2v) is 4.25. The highest BCUT2D eigenvalue weighted by molar-refractivity contribution is 5.85. The number of aromatic nitrogens is 2. The zero-order valence-corrected chi connectivity index (χ0v) is 10.6. The predicted molar refractivity (Wildman–Crippen MR) is 69.7 cm³/mol. The maximum Gasteiger partial charge on any atom is 0.328 e. The van der Waals surface area contributed by atoms with E-state index in [-0.39, 0.29) is 0 Å². The molecular formula is C14H13FN2O2. The summed E-state index contributed by atoms with van der Waals surface area (Å²) < 4.78 is 15.2. The van der Waals surface area contributed by atoms with Gasteiger partial charge >= 0.3 is 5.97 Å². The molecule has 0 aliphatic rings. The Labute approximate surface area is 109 Å². The number of carboxylic acid groups (broad SMARTS) is 1. The number of rotatable bonds is 3. The molecule has 5 heteroatoms. The Bertz CT molecular complexity index is 659. The SMILES string of the molecule is Cc1cc(C)n(-c2cc(F)cc(/C=C/C(=O)O)c2)n1. The lowest BCUT2D eigenvalue weighted by molar-refractivity contribution is -0.131. The average Bonchev–Trinajstić information content (AvgIpc) is 2.65. The van der Waals surface area contributed by atoms with Crippen LogP contribution in [0.25, 0.3) is 11.8 Å². The third-order valence-electron chi connectivity index (χ3n) is 2.58. The molecule has 1 heterocycles. The Morgan fingerprint density at radius 3 is 2.63 bits per heavy atom. The van der Waals surface area contributed by atoms with Crippen molar-refractivity contribution in [1.82, 2.24) is 9.78 Å². The van der Waals surface area contributed by atoms with Crippen molar-refractivity contribution in [3.8, 4) is 5.69 Å². The maximum absolute atomic E-state index is 13.6. The molecule has 19 heavy (non-hydrogen) atoms. The van der Waals surface area contributed by atoms with Gasteiger partial charge in [-0.15, -0.1) is 0 Å². The van der Waals surface area contributed by atoms with Crippen LogP contribution in [-0.2, 0) is 4.79 Å². The summed E-state index contributed by atoms with van der Waals surface area (Å²) in [5.74, 6) is -1.51. The van der Waals surface area contributed by atoms with Crippen LogP contribution >= 0.6 is 0 Å². The molecule has 0 fully saturated rings. The number of halogens is 1. The van der Waals surface area contributed by atoms with Crippen molar-refractivity contribution in [2.75, 3.05) is 0 Å². The van der Waals surface area contributed by atoms with E-state index in [0.29, 0.717) is 11.3 Å². The van der Waals surface area contributed by atoms with Gasteiger partial charge in [-0.1, -0.05) is 0 Å². The Morgan fingerprint density at radius 2 is 2.05 bits per heavy atom. The van der Waals surface area contributed by atoms with Crippen molar-refractivity contribution in [2.45, 2.75) is 13.8 Å². The normalized spacial score (nSPS) is 11.1. The van der Waals surface area contributed by atoms with E-state index in [4.69, 9.17) is 5.11 Å². The van der Waals surface area contributed by atoms with Gasteiger partial charge in [-0.25, -0.2) is 13.9 Å². The summed E-state index contributed by atoms with van der Waals surface area (Å²) in [5.41, 5.74) is 2.77. The van der Waals surface area contributed by atoms with Crippen molar-refractivity contribution in [2.24, 2.45) is 0 Å². The first-order valence-corrected chi connectivity index (χ1v) is 5.71. The van der Waals surface area contributed by atoms with Crippen molar-refractivity contribution in [1.29, 1.82) is 0 Å². The second kappa shape index (κ2) is 5.06. The molecule has 0 unspecified atom stereocenters. The summed E-state index contributed by atoms with van der Waals surface area (Å²) >= 11 is 0. The molecule has 1 N–H and O–H groups in total. The van der Waals surface area contributed by atoms with Gasteiger partial charge in [0.25, 0.3) is 0 Å². The Hall–Kier alpha value is -2.43. The first-order chi connectivity index (χ1) is 8.95. The van der Waals surface area contributed by atoms with E-state index in [0.717, 1.165) is 17.5 Å². The van der Waals surface area contributed by atoms with Crippen LogP contribution in [0.1, 0.15) is 17.0 Å². The smallest absolute Gasteiger partial charge is 0.328 e. The molecule has 2 aromatic rings. The number of aliphatic carboxylic acids is 1. The summed E-state index contributed by atoms with van der Waals surface area (Å²) in [6.07, 6.45) is 2.32. The second-order valence-electron chi connectivity index (χ2n) is 4.25. The fraction of sp³-hybridized carbons (Fsp3) is 0.143. The van der Waals surface area contributed by atoms with Crippen molar-refractivity contribution in [3.63, 3.8) is 0 Å². The predicted octanol–water partition coefficient (Wildman–Crippen LogP) is 2.73. The van der Waals surface area contributed by atoms with Crippen molar-refractivity contribution >= 4 is 12.0 Å². The molecule has 0 aliphatic carbocycles. The van der Waals surface area contributed by atoms with Gasteiger partial charge in [0.05, 0.1) is 11.4 Å². The van der Waals surface area contributed by atoms with Gasteiger partial charge < -0.3 is 5.11 Å². The molecule has 1 aromatic carbocycles. The minimum atomic E-state index is -1.07. The molecule has 0 saturated heterocycles. The van der Waals surface area contributed by atoms with Crippen LogP contribution in [0.3, 0.4) is 0 Å². The minimum Gasteiger partial charge on any atom is -0.478 e. The molecule has 0 aliphatic heterocycles. The first kappa shape index (κ1) is 13.0. The van der Waals surface area contributed by atoms with Crippen LogP contribution < -0.4 is 0 Å². The Kier molecular flexibility index (Phi) is 3.46. The number of benzene rings is 1. The molecule has 0 saturated carbocycles. The molecule has 0 spiro atoms. The number of hydrogen-bond acceptors (Lipinski definition) is 2. The fourth-order valence-electron chi connectivity index (χ4n) is 1.87. The minimum absolute atomic E-state index is 0.435. The van der Waals surface area contributed by atoms with E-state index in [1.54, 1.807) is 10.7 Å². The van der Waals surface area contributed by atoms with Crippen LogP contribution in [0.5, 0.6) is 0 Å². The summed E-state index contributed by atoms with van der Waals surface area (Å²) in [6.45, 7) is 3.73. The molecule has 0 radical (unpaired) electrons. The number of carboxylic acids is 1. The lowest BCUT2D eigenvalue weighted by Crippen LogP contribution is -2.00. The van der Waals surface area contributed by atoms with Gasteiger partial charge in [0.15, 0.2) is 0 Å². The van der Waals surface area contributed by atoms with E-state index in [1.807, 2.05) is 19.9 Å². The zero-order chi connectivity index (χ0) is 14.0. The van der Waals surface area contributed by atoms with E-state index in [9.17, 15) is 9.18 Å². The largest absolute Gasteiger partial charge is 0.478 e. The van der Waals surface area contributed by atoms with Gasteiger partial charge in [-0.05, 0) is 49.8 Å². The van der Waals surface area contributed by atoms with Crippen LogP contribution in [0, 0.1) is 19.7 Å². The highest BCUT2D eigenvalue weighted by atomic mass is 19.1. The number of hydrogen-bond donors (Lipinski definition) is 1. The monoisotopic (exact) mass is 260 g/mol. The molecular weight excluding hydrogens is 247 g/mol. The first-order valence-electron chi connectivity index (χ1n) is 5.71. The Balaban J connectivity index is 2.47. The highest BCUT2D eigenvalue weighted by Crippen LogP contribution is 2.17. The zero-order valence-electron chi connectivity index (χ0n) is 10.6. The lowest BCUT2D eigenvalue weighted by atomic mass is 10.1. The van der Waals surface area contributed by atoms with E-state index in [2.05, 4.69) is 5.10 Å². The quantitative estimate of drug-likeness (QED) is 0.863. The Morgan fingerprint density at radius 1 is 1.32 bits per heavy atom. The number of nitrogens with zero attached hydrogens (tertiary/aromatic N) is 2. The van der Waals surface area contributed by atoms with Gasteiger partial charge in [0, 0.05) is 11.8 Å². The van der Waals surface area contributed by atoms with Crippen molar-refractivity contribution < 1.29 is 14.3 Å². The van der Waals surface area contributed by atoms with Gasteiger partial charge in [-0.3, -0.25) is 0 Å². The van der Waals surface area contributed by atoms with E-state index in [1.165, 1.54) is 18.2 Å². The van der Waals surface area contributed by atoms with Crippen LogP contribution in [0.4, 0.5) is 4.39 Å². The number of aryl methyl sites for hydroxylation is 2. The van der Waals surface area contributed by atoms with Crippen molar-refractivity contribution in [3.05, 3.63) is 53.1 Å². The van der Waals surface area contributed by atoms with Crippen LogP contribution in [0.2, 0.25) is 0 Å². The van der Waals surface area contributed by atoms with E-state index >= 15 is 0 Å². The standard InChI is InChI=1S/C14H13FN2O2/c1-9-5-10(2)17(16-9)13-7-11(3-4-14(18)19)6-12(15)8-13/h3-8H,1-2H3,(H,18,19)/b4-3+. The third-order valence-corrected chi connectivity index (χ3v) is 2.58.